The number of likely N-dealkylation sites (N-methyl/N-ethyl adjacent to an activating group) is 1. The fourth-order valence-electron chi connectivity index (χ4n) is 5.56. The highest BCUT2D eigenvalue weighted by Crippen LogP contribution is 2.43. The fourth-order valence-corrected chi connectivity index (χ4v) is 6.30. The van der Waals surface area contributed by atoms with Crippen molar-refractivity contribution >= 4 is 13.8 Å². The summed E-state index contributed by atoms with van der Waals surface area (Å²) in [5.74, 6) is -0.330. The van der Waals surface area contributed by atoms with E-state index in [9.17, 15) is 14.3 Å². The molecule has 0 saturated carbocycles. The molecule has 0 fully saturated rings. The molecule has 0 aromatic rings. The van der Waals surface area contributed by atoms with Gasteiger partial charge in [-0.1, -0.05) is 140 Å². The minimum absolute atomic E-state index is 0.0843. The van der Waals surface area contributed by atoms with E-state index in [0.717, 1.165) is 57.8 Å². The number of hydrogen-bond acceptors (Lipinski definition) is 6. The molecule has 0 bridgehead atoms. The molecule has 0 aliphatic heterocycles. The van der Waals surface area contributed by atoms with E-state index in [-0.39, 0.29) is 25.8 Å². The lowest BCUT2D eigenvalue weighted by atomic mass is 10.1. The third-order valence-electron chi connectivity index (χ3n) is 8.92. The van der Waals surface area contributed by atoms with Gasteiger partial charge in [0.25, 0.3) is 0 Å². The number of carbonyl (C=O) groups is 1. The Morgan fingerprint density at radius 1 is 0.596 bits per heavy atom. The van der Waals surface area contributed by atoms with Crippen molar-refractivity contribution in [3.05, 3.63) is 36.5 Å². The van der Waals surface area contributed by atoms with E-state index in [0.29, 0.717) is 24.1 Å². The Morgan fingerprint density at radius 3 is 1.63 bits per heavy atom. The molecule has 9 heteroatoms. The lowest BCUT2D eigenvalue weighted by Crippen LogP contribution is -2.37. The third-order valence-corrected chi connectivity index (χ3v) is 9.91. The van der Waals surface area contributed by atoms with Crippen molar-refractivity contribution in [2.24, 2.45) is 0 Å². The van der Waals surface area contributed by atoms with Crippen molar-refractivity contribution in [3.8, 4) is 0 Å². The molecule has 0 aliphatic rings. The molecule has 0 aromatic carbocycles. The maximum absolute atomic E-state index is 12.7. The third kappa shape index (κ3) is 39.9. The maximum Gasteiger partial charge on any atom is 0.472 e. The second-order valence-corrected chi connectivity index (χ2v) is 16.8. The van der Waals surface area contributed by atoms with Crippen molar-refractivity contribution in [1.29, 1.82) is 0 Å². The van der Waals surface area contributed by atoms with Gasteiger partial charge >= 0.3 is 13.8 Å². The van der Waals surface area contributed by atoms with Crippen LogP contribution in [0.1, 0.15) is 174 Å². The average molecular weight is 757 g/mol. The predicted molar refractivity (Wildman–Crippen MR) is 220 cm³/mol. The SMILES string of the molecule is CCCC/C=C\C/C=C\CCCCCCCC(=O)OC(COCCCCCCCC/C=C\CCCCCCCC)COP(=O)(O)OCC[N+](C)(C)C. The molecule has 0 aromatic heterocycles. The summed E-state index contributed by atoms with van der Waals surface area (Å²) in [5, 5.41) is 0. The van der Waals surface area contributed by atoms with Crippen molar-refractivity contribution in [2.45, 2.75) is 180 Å². The van der Waals surface area contributed by atoms with Gasteiger partial charge in [0.2, 0.25) is 0 Å². The summed E-state index contributed by atoms with van der Waals surface area (Å²) in [7, 11) is 1.65. The van der Waals surface area contributed by atoms with E-state index in [4.69, 9.17) is 18.5 Å². The first kappa shape index (κ1) is 50.7. The minimum atomic E-state index is -4.28. The number of phosphoric acid groups is 1. The molecular weight excluding hydrogens is 673 g/mol. The summed E-state index contributed by atoms with van der Waals surface area (Å²) in [6.45, 7) is 5.54. The molecule has 0 heterocycles. The molecule has 0 aliphatic carbocycles. The fraction of sp³-hybridized carbons (Fsp3) is 0.837. The minimum Gasteiger partial charge on any atom is -0.457 e. The Labute approximate surface area is 321 Å². The standard InChI is InChI=1S/C43H82NO7P/c1-6-8-10-12-14-16-18-20-22-23-25-27-29-31-33-35-38-48-40-42(41-50-52(46,47)49-39-37-44(3,4)5)51-43(45)36-34-32-30-28-26-24-21-19-17-15-13-11-9-7-2/h13,15,19-22,42H,6-12,14,16-18,23-41H2,1-5H3/p+1/b15-13-,21-19-,22-20-. The summed E-state index contributed by atoms with van der Waals surface area (Å²) in [6.07, 6.45) is 41.7. The topological polar surface area (TPSA) is 91.3 Å². The lowest BCUT2D eigenvalue weighted by Gasteiger charge is -2.24. The van der Waals surface area contributed by atoms with Gasteiger partial charge in [-0.2, -0.15) is 0 Å². The Kier molecular flexibility index (Phi) is 35.8. The smallest absolute Gasteiger partial charge is 0.457 e. The van der Waals surface area contributed by atoms with Crippen LogP contribution in [-0.4, -0.2) is 75.6 Å². The van der Waals surface area contributed by atoms with Gasteiger partial charge in [-0.25, -0.2) is 4.57 Å². The Balaban J connectivity index is 4.28. The van der Waals surface area contributed by atoms with Crippen LogP contribution in [-0.2, 0) is 27.9 Å². The molecular formula is C43H83NO7P+. The number of allylic oxidation sites excluding steroid dienone is 6. The number of carbonyl (C=O) groups excluding carboxylic acids is 1. The van der Waals surface area contributed by atoms with Gasteiger partial charge in [0.05, 0.1) is 34.4 Å². The van der Waals surface area contributed by atoms with Crippen LogP contribution in [0.4, 0.5) is 0 Å². The zero-order valence-electron chi connectivity index (χ0n) is 34.5. The first-order valence-corrected chi connectivity index (χ1v) is 22.7. The number of quaternary nitrogens is 1. The van der Waals surface area contributed by atoms with E-state index in [1.54, 1.807) is 0 Å². The second-order valence-electron chi connectivity index (χ2n) is 15.4. The Hall–Kier alpha value is -1.28. The van der Waals surface area contributed by atoms with Crippen molar-refractivity contribution in [2.75, 3.05) is 54.1 Å². The van der Waals surface area contributed by atoms with E-state index in [2.05, 4.69) is 50.3 Å². The number of unbranched alkanes of at least 4 members (excludes halogenated alkanes) is 19. The quantitative estimate of drug-likeness (QED) is 0.0219. The first-order valence-electron chi connectivity index (χ1n) is 21.2. The monoisotopic (exact) mass is 757 g/mol. The van der Waals surface area contributed by atoms with Gasteiger partial charge in [-0.3, -0.25) is 13.8 Å². The van der Waals surface area contributed by atoms with Gasteiger partial charge in [0.15, 0.2) is 0 Å². The molecule has 8 nitrogen and oxygen atoms in total. The van der Waals surface area contributed by atoms with Gasteiger partial charge in [0.1, 0.15) is 19.3 Å². The van der Waals surface area contributed by atoms with Crippen molar-refractivity contribution in [3.63, 3.8) is 0 Å². The maximum atomic E-state index is 12.7. The van der Waals surface area contributed by atoms with Gasteiger partial charge in [-0.15, -0.1) is 0 Å². The van der Waals surface area contributed by atoms with E-state index in [1.807, 2.05) is 21.1 Å². The lowest BCUT2D eigenvalue weighted by molar-refractivity contribution is -0.870. The van der Waals surface area contributed by atoms with Crippen LogP contribution in [0.25, 0.3) is 0 Å². The van der Waals surface area contributed by atoms with E-state index in [1.165, 1.54) is 96.3 Å². The highest BCUT2D eigenvalue weighted by atomic mass is 31.2. The molecule has 0 spiro atoms. The molecule has 306 valence electrons. The van der Waals surface area contributed by atoms with Gasteiger partial charge in [-0.05, 0) is 64.2 Å². The normalized spacial score (nSPS) is 14.2. The average Bonchev–Trinajstić information content (AvgIpc) is 3.09. The summed E-state index contributed by atoms with van der Waals surface area (Å²) >= 11 is 0. The van der Waals surface area contributed by atoms with Crippen LogP contribution in [0.15, 0.2) is 36.5 Å². The van der Waals surface area contributed by atoms with Gasteiger partial charge in [0, 0.05) is 13.0 Å². The first-order chi connectivity index (χ1) is 25.1. The number of nitrogens with zero attached hydrogens (tertiary/aromatic N) is 1. The molecule has 2 atom stereocenters. The molecule has 2 unspecified atom stereocenters. The molecule has 0 rings (SSSR count). The molecule has 0 radical (unpaired) electrons. The Bertz CT molecular complexity index is 931. The largest absolute Gasteiger partial charge is 0.472 e. The van der Waals surface area contributed by atoms with Crippen LogP contribution in [0.5, 0.6) is 0 Å². The van der Waals surface area contributed by atoms with E-state index < -0.39 is 13.9 Å². The zero-order valence-corrected chi connectivity index (χ0v) is 35.4. The number of rotatable bonds is 39. The van der Waals surface area contributed by atoms with E-state index >= 15 is 0 Å². The molecule has 52 heavy (non-hydrogen) atoms. The van der Waals surface area contributed by atoms with Crippen LogP contribution in [0.3, 0.4) is 0 Å². The summed E-state index contributed by atoms with van der Waals surface area (Å²) in [6, 6.07) is 0. The summed E-state index contributed by atoms with van der Waals surface area (Å²) in [4.78, 5) is 22.8. The highest BCUT2D eigenvalue weighted by Gasteiger charge is 2.26. The molecule has 0 saturated heterocycles. The second kappa shape index (κ2) is 36.7. The van der Waals surface area contributed by atoms with Crippen LogP contribution in [0, 0.1) is 0 Å². The summed E-state index contributed by atoms with van der Waals surface area (Å²) < 4.78 is 34.9. The van der Waals surface area contributed by atoms with Crippen molar-refractivity contribution in [1.82, 2.24) is 0 Å². The van der Waals surface area contributed by atoms with Crippen LogP contribution < -0.4 is 0 Å². The van der Waals surface area contributed by atoms with Gasteiger partial charge < -0.3 is 18.9 Å². The molecule has 1 N–H and O–H groups in total. The van der Waals surface area contributed by atoms with Crippen LogP contribution >= 0.6 is 7.82 Å². The van der Waals surface area contributed by atoms with Crippen molar-refractivity contribution < 1.29 is 37.3 Å². The highest BCUT2D eigenvalue weighted by molar-refractivity contribution is 7.47. The Morgan fingerprint density at radius 2 is 1.08 bits per heavy atom. The predicted octanol–water partition coefficient (Wildman–Crippen LogP) is 12.2. The summed E-state index contributed by atoms with van der Waals surface area (Å²) in [5.41, 5.74) is 0. The number of hydrogen-bond donors (Lipinski definition) is 1. The number of esters is 1. The zero-order chi connectivity index (χ0) is 38.4. The number of phosphoric ester groups is 1. The molecule has 0 amide bonds. The number of ether oxygens (including phenoxy) is 2. The van der Waals surface area contributed by atoms with Crippen LogP contribution in [0.2, 0.25) is 0 Å².